The Kier molecular flexibility index (Phi) is 6.92. The highest BCUT2D eigenvalue weighted by Gasteiger charge is 2.27. The van der Waals surface area contributed by atoms with Crippen molar-refractivity contribution >= 4 is 10.2 Å². The van der Waals surface area contributed by atoms with Crippen molar-refractivity contribution in [2.45, 2.75) is 51.4 Å². The first-order chi connectivity index (χ1) is 10.1. The number of hydrogen-bond acceptors (Lipinski definition) is 3. The second-order valence-corrected chi connectivity index (χ2v) is 8.35. The van der Waals surface area contributed by atoms with Gasteiger partial charge in [0.15, 0.2) is 0 Å². The lowest BCUT2D eigenvalue weighted by Gasteiger charge is -2.31. The predicted molar refractivity (Wildman–Crippen MR) is 86.3 cm³/mol. The third kappa shape index (κ3) is 5.51. The highest BCUT2D eigenvalue weighted by atomic mass is 32.2. The number of nitrogens with zero attached hydrogens (tertiary/aromatic N) is 1. The zero-order valence-corrected chi connectivity index (χ0v) is 14.1. The van der Waals surface area contributed by atoms with E-state index in [1.54, 1.807) is 4.31 Å². The van der Waals surface area contributed by atoms with Crippen LogP contribution in [-0.4, -0.2) is 45.9 Å². The molecule has 1 heterocycles. The van der Waals surface area contributed by atoms with Gasteiger partial charge >= 0.3 is 0 Å². The minimum atomic E-state index is -3.26. The van der Waals surface area contributed by atoms with Crippen LogP contribution in [0.5, 0.6) is 0 Å². The number of rotatable bonds is 7. The average molecular weight is 317 g/mol. The van der Waals surface area contributed by atoms with Gasteiger partial charge in [-0.25, -0.2) is 4.72 Å². The molecule has 0 bridgehead atoms. The van der Waals surface area contributed by atoms with Crippen LogP contribution in [-0.2, 0) is 10.2 Å². The van der Waals surface area contributed by atoms with E-state index in [1.165, 1.54) is 32.1 Å². The largest absolute Gasteiger partial charge is 0.319 e. The van der Waals surface area contributed by atoms with Crippen molar-refractivity contribution in [3.8, 4) is 0 Å². The van der Waals surface area contributed by atoms with Crippen LogP contribution < -0.4 is 10.0 Å². The summed E-state index contributed by atoms with van der Waals surface area (Å²) < 4.78 is 29.0. The molecular formula is C15H31N3O2S. The summed E-state index contributed by atoms with van der Waals surface area (Å²) in [6, 6.07) is 0. The summed E-state index contributed by atoms with van der Waals surface area (Å²) >= 11 is 0. The van der Waals surface area contributed by atoms with Crippen LogP contribution in [0.15, 0.2) is 0 Å². The number of hydrogen-bond donors (Lipinski definition) is 2. The first-order valence-electron chi connectivity index (χ1n) is 8.51. The van der Waals surface area contributed by atoms with E-state index in [0.29, 0.717) is 25.6 Å². The zero-order valence-electron chi connectivity index (χ0n) is 13.3. The van der Waals surface area contributed by atoms with Crippen LogP contribution in [0, 0.1) is 11.8 Å². The van der Waals surface area contributed by atoms with Gasteiger partial charge < -0.3 is 5.32 Å². The van der Waals surface area contributed by atoms with Gasteiger partial charge in [-0.15, -0.1) is 0 Å². The van der Waals surface area contributed by atoms with Gasteiger partial charge in [0.25, 0.3) is 10.2 Å². The second-order valence-electron chi connectivity index (χ2n) is 6.59. The Labute approximate surface area is 130 Å². The molecule has 1 aliphatic heterocycles. The molecule has 0 radical (unpaired) electrons. The normalized spacial score (nSPS) is 23.5. The van der Waals surface area contributed by atoms with Crippen molar-refractivity contribution in [1.29, 1.82) is 0 Å². The van der Waals surface area contributed by atoms with Gasteiger partial charge in [-0.05, 0) is 44.7 Å². The molecule has 2 rings (SSSR count). The molecule has 0 aromatic carbocycles. The standard InChI is InChI=1S/C15H31N3O2S/c1-16-13-15-8-11-18(12-9-15)21(19,20)17-10-7-14-5-3-2-4-6-14/h14-17H,2-13H2,1H3. The van der Waals surface area contributed by atoms with Gasteiger partial charge in [0.2, 0.25) is 0 Å². The third-order valence-electron chi connectivity index (χ3n) is 4.97. The molecule has 0 aromatic rings. The summed E-state index contributed by atoms with van der Waals surface area (Å²) in [6.45, 7) is 2.91. The highest BCUT2D eigenvalue weighted by molar-refractivity contribution is 7.87. The number of nitrogens with one attached hydrogen (secondary N) is 2. The fourth-order valence-electron chi connectivity index (χ4n) is 3.60. The Morgan fingerprint density at radius 1 is 1.00 bits per heavy atom. The summed E-state index contributed by atoms with van der Waals surface area (Å²) in [4.78, 5) is 0. The molecule has 1 aliphatic carbocycles. The summed E-state index contributed by atoms with van der Waals surface area (Å²) in [5.41, 5.74) is 0. The monoisotopic (exact) mass is 317 g/mol. The minimum Gasteiger partial charge on any atom is -0.319 e. The fraction of sp³-hybridized carbons (Fsp3) is 1.00. The van der Waals surface area contributed by atoms with E-state index < -0.39 is 10.2 Å². The van der Waals surface area contributed by atoms with Crippen LogP contribution in [0.4, 0.5) is 0 Å². The molecular weight excluding hydrogens is 286 g/mol. The first-order valence-corrected chi connectivity index (χ1v) is 9.95. The van der Waals surface area contributed by atoms with E-state index >= 15 is 0 Å². The summed E-state index contributed by atoms with van der Waals surface area (Å²) in [7, 11) is -1.31. The maximum atomic E-state index is 12.3. The lowest BCUT2D eigenvalue weighted by atomic mass is 9.87. The second kappa shape index (κ2) is 8.46. The maximum Gasteiger partial charge on any atom is 0.279 e. The first kappa shape index (κ1) is 17.2. The summed E-state index contributed by atoms with van der Waals surface area (Å²) in [5, 5.41) is 3.18. The van der Waals surface area contributed by atoms with Gasteiger partial charge in [0.1, 0.15) is 0 Å². The lowest BCUT2D eigenvalue weighted by molar-refractivity contribution is 0.267. The Morgan fingerprint density at radius 2 is 1.67 bits per heavy atom. The van der Waals surface area contributed by atoms with Gasteiger partial charge in [0, 0.05) is 19.6 Å². The molecule has 21 heavy (non-hydrogen) atoms. The van der Waals surface area contributed by atoms with Crippen molar-refractivity contribution in [2.24, 2.45) is 11.8 Å². The molecule has 2 fully saturated rings. The van der Waals surface area contributed by atoms with E-state index in [-0.39, 0.29) is 0 Å². The Balaban J connectivity index is 1.69. The SMILES string of the molecule is CNCC1CCN(S(=O)(=O)NCCC2CCCCC2)CC1. The van der Waals surface area contributed by atoms with Gasteiger partial charge in [-0.2, -0.15) is 12.7 Å². The highest BCUT2D eigenvalue weighted by Crippen LogP contribution is 2.26. The molecule has 5 nitrogen and oxygen atoms in total. The molecule has 6 heteroatoms. The van der Waals surface area contributed by atoms with E-state index in [9.17, 15) is 8.42 Å². The van der Waals surface area contributed by atoms with Crippen molar-refractivity contribution in [3.05, 3.63) is 0 Å². The lowest BCUT2D eigenvalue weighted by Crippen LogP contribution is -2.46. The third-order valence-corrected chi connectivity index (χ3v) is 6.58. The fourth-order valence-corrected chi connectivity index (χ4v) is 4.85. The summed E-state index contributed by atoms with van der Waals surface area (Å²) in [6.07, 6.45) is 9.45. The molecule has 0 atom stereocenters. The van der Waals surface area contributed by atoms with Crippen LogP contribution in [0.25, 0.3) is 0 Å². The van der Waals surface area contributed by atoms with Gasteiger partial charge in [-0.1, -0.05) is 32.1 Å². The van der Waals surface area contributed by atoms with Gasteiger partial charge in [-0.3, -0.25) is 0 Å². The van der Waals surface area contributed by atoms with Crippen LogP contribution in [0.3, 0.4) is 0 Å². The quantitative estimate of drug-likeness (QED) is 0.751. The average Bonchev–Trinajstić information content (AvgIpc) is 2.49. The van der Waals surface area contributed by atoms with Crippen molar-refractivity contribution in [1.82, 2.24) is 14.3 Å². The molecule has 124 valence electrons. The smallest absolute Gasteiger partial charge is 0.279 e. The molecule has 0 aromatic heterocycles. The van der Waals surface area contributed by atoms with Crippen LogP contribution in [0.2, 0.25) is 0 Å². The molecule has 0 spiro atoms. The van der Waals surface area contributed by atoms with Gasteiger partial charge in [0.05, 0.1) is 0 Å². The molecule has 1 saturated carbocycles. The predicted octanol–water partition coefficient (Wildman–Crippen LogP) is 1.72. The molecule has 0 amide bonds. The maximum absolute atomic E-state index is 12.3. The van der Waals surface area contributed by atoms with Crippen molar-refractivity contribution < 1.29 is 8.42 Å². The van der Waals surface area contributed by atoms with Crippen LogP contribution in [0.1, 0.15) is 51.4 Å². The zero-order chi connectivity index (χ0) is 15.1. The van der Waals surface area contributed by atoms with Crippen molar-refractivity contribution in [2.75, 3.05) is 33.2 Å². The summed E-state index contributed by atoms with van der Waals surface area (Å²) in [5.74, 6) is 1.34. The molecule has 2 aliphatic rings. The van der Waals surface area contributed by atoms with E-state index in [0.717, 1.165) is 31.7 Å². The topological polar surface area (TPSA) is 61.4 Å². The molecule has 0 unspecified atom stereocenters. The van der Waals surface area contributed by atoms with Crippen molar-refractivity contribution in [3.63, 3.8) is 0 Å². The molecule has 2 N–H and O–H groups in total. The Bertz CT molecular complexity index is 386. The Hall–Kier alpha value is -0.170. The number of piperidine rings is 1. The van der Waals surface area contributed by atoms with E-state index in [4.69, 9.17) is 0 Å². The van der Waals surface area contributed by atoms with Crippen LogP contribution >= 0.6 is 0 Å². The molecule has 1 saturated heterocycles. The van der Waals surface area contributed by atoms with E-state index in [2.05, 4.69) is 10.0 Å². The Morgan fingerprint density at radius 3 is 2.29 bits per heavy atom. The minimum absolute atomic E-state index is 0.601. The van der Waals surface area contributed by atoms with E-state index in [1.807, 2.05) is 7.05 Å².